The first-order chi connectivity index (χ1) is 17.2. The molecule has 0 saturated heterocycles. The van der Waals surface area contributed by atoms with Crippen LogP contribution in [0.15, 0.2) is 47.3 Å². The molecular weight excluding hydrogens is 510 g/mol. The van der Waals surface area contributed by atoms with Gasteiger partial charge in [-0.3, -0.25) is 24.3 Å². The molecule has 3 aromatic rings. The van der Waals surface area contributed by atoms with Crippen LogP contribution in [0.25, 0.3) is 10.9 Å². The Hall–Kier alpha value is -3.73. The molecule has 0 radical (unpaired) electrons. The maximum absolute atomic E-state index is 14.5. The molecular formula is C25H27ClF2N4O5. The van der Waals surface area contributed by atoms with Crippen molar-refractivity contribution in [3.63, 3.8) is 0 Å². The number of nitrogens with one attached hydrogen (secondary N) is 2. The molecule has 0 fully saturated rings. The normalized spacial score (nSPS) is 12.8. The predicted octanol–water partition coefficient (Wildman–Crippen LogP) is 3.54. The Kier molecular flexibility index (Phi) is 8.06. The van der Waals surface area contributed by atoms with Crippen LogP contribution in [0.1, 0.15) is 50.8 Å². The average molecular weight is 537 g/mol. The number of halogens is 3. The fourth-order valence-electron chi connectivity index (χ4n) is 3.64. The minimum atomic E-state index is -3.78. The smallest absolute Gasteiger partial charge is 0.349 e. The van der Waals surface area contributed by atoms with Gasteiger partial charge in [0.15, 0.2) is 0 Å². The molecule has 0 bridgehead atoms. The first-order valence-electron chi connectivity index (χ1n) is 11.4. The SMILES string of the molecule is CC(C)(C)OC(=O)CC[C@@H](C(N)=O)n1[nH]c2cc(CNC(=O)C(F)(F)c3ccc(Cl)cc3)ccc2c1=O. The van der Waals surface area contributed by atoms with E-state index in [0.29, 0.717) is 11.1 Å². The highest BCUT2D eigenvalue weighted by molar-refractivity contribution is 6.30. The number of carbonyl (C=O) groups is 3. The Morgan fingerprint density at radius 1 is 1.14 bits per heavy atom. The summed E-state index contributed by atoms with van der Waals surface area (Å²) in [6.45, 7) is 4.87. The van der Waals surface area contributed by atoms with Crippen LogP contribution in [-0.4, -0.2) is 33.2 Å². The number of carbonyl (C=O) groups excluding carboxylic acids is 3. The molecule has 0 unspecified atom stereocenters. The van der Waals surface area contributed by atoms with E-state index >= 15 is 0 Å². The number of amides is 2. The van der Waals surface area contributed by atoms with Gasteiger partial charge in [0.1, 0.15) is 11.6 Å². The fourth-order valence-corrected chi connectivity index (χ4v) is 3.77. The Bertz CT molecular complexity index is 1380. The summed E-state index contributed by atoms with van der Waals surface area (Å²) < 4.78 is 35.2. The minimum Gasteiger partial charge on any atom is -0.460 e. The molecule has 12 heteroatoms. The molecule has 0 aliphatic rings. The van der Waals surface area contributed by atoms with Crippen LogP contribution in [0.4, 0.5) is 8.78 Å². The zero-order valence-electron chi connectivity index (χ0n) is 20.4. The van der Waals surface area contributed by atoms with Gasteiger partial charge in [0.2, 0.25) is 5.91 Å². The zero-order valence-corrected chi connectivity index (χ0v) is 21.2. The molecule has 1 atom stereocenters. The number of rotatable bonds is 9. The lowest BCUT2D eigenvalue weighted by molar-refractivity contribution is -0.155. The average Bonchev–Trinajstić information content (AvgIpc) is 3.12. The third kappa shape index (κ3) is 6.73. The minimum absolute atomic E-state index is 0.0698. The lowest BCUT2D eigenvalue weighted by atomic mass is 10.1. The van der Waals surface area contributed by atoms with Gasteiger partial charge < -0.3 is 15.8 Å². The van der Waals surface area contributed by atoms with E-state index in [1.165, 1.54) is 30.3 Å². The van der Waals surface area contributed by atoms with E-state index in [1.807, 2.05) is 0 Å². The largest absolute Gasteiger partial charge is 0.460 e. The lowest BCUT2D eigenvalue weighted by Crippen LogP contribution is -2.37. The van der Waals surface area contributed by atoms with Crippen molar-refractivity contribution < 1.29 is 27.9 Å². The van der Waals surface area contributed by atoms with Gasteiger partial charge in [-0.2, -0.15) is 8.78 Å². The molecule has 0 aliphatic carbocycles. The first kappa shape index (κ1) is 27.9. The number of fused-ring (bicyclic) bond motifs is 1. The Morgan fingerprint density at radius 3 is 2.38 bits per heavy atom. The first-order valence-corrected chi connectivity index (χ1v) is 11.7. The molecule has 4 N–H and O–H groups in total. The predicted molar refractivity (Wildman–Crippen MR) is 133 cm³/mol. The molecule has 1 heterocycles. The standard InChI is InChI=1S/C25H27ClF2N4O5/c1-24(2,3)37-20(33)11-10-19(21(29)34)32-22(35)17-9-4-14(12-18(17)31-32)13-30-23(36)25(27,28)15-5-7-16(26)8-6-15/h4-9,12,19,31H,10-11,13H2,1-3H3,(H2,29,34)(H,30,36)/t19-/m0/s1. The van der Waals surface area contributed by atoms with Crippen molar-refractivity contribution in [1.82, 2.24) is 15.1 Å². The molecule has 0 spiro atoms. The van der Waals surface area contributed by atoms with Crippen LogP contribution < -0.4 is 16.6 Å². The number of nitrogens with two attached hydrogens (primary N) is 1. The van der Waals surface area contributed by atoms with Crippen molar-refractivity contribution in [2.75, 3.05) is 0 Å². The summed E-state index contributed by atoms with van der Waals surface area (Å²) in [5.74, 6) is -6.66. The van der Waals surface area contributed by atoms with Crippen LogP contribution in [0.3, 0.4) is 0 Å². The highest BCUT2D eigenvalue weighted by atomic mass is 35.5. The molecule has 0 aliphatic heterocycles. The summed E-state index contributed by atoms with van der Waals surface area (Å²) in [5, 5.41) is 5.44. The fraction of sp³-hybridized carbons (Fsp3) is 0.360. The van der Waals surface area contributed by atoms with E-state index in [0.717, 1.165) is 16.8 Å². The van der Waals surface area contributed by atoms with Crippen molar-refractivity contribution >= 4 is 40.3 Å². The number of hydrogen-bond donors (Lipinski definition) is 3. The van der Waals surface area contributed by atoms with Gasteiger partial charge in [-0.15, -0.1) is 0 Å². The molecule has 9 nitrogen and oxygen atoms in total. The maximum Gasteiger partial charge on any atom is 0.349 e. The Morgan fingerprint density at radius 2 is 1.78 bits per heavy atom. The van der Waals surface area contributed by atoms with Crippen molar-refractivity contribution in [1.29, 1.82) is 0 Å². The summed E-state index contributed by atoms with van der Waals surface area (Å²) in [5.41, 5.74) is 4.44. The van der Waals surface area contributed by atoms with Crippen molar-refractivity contribution in [3.8, 4) is 0 Å². The van der Waals surface area contributed by atoms with E-state index in [2.05, 4.69) is 10.4 Å². The molecule has 37 heavy (non-hydrogen) atoms. The van der Waals surface area contributed by atoms with Crippen LogP contribution >= 0.6 is 11.6 Å². The number of hydrogen-bond acceptors (Lipinski definition) is 5. The van der Waals surface area contributed by atoms with Crippen LogP contribution in [0, 0.1) is 0 Å². The number of aromatic amines is 1. The highest BCUT2D eigenvalue weighted by Gasteiger charge is 2.40. The molecule has 0 saturated carbocycles. The quantitative estimate of drug-likeness (QED) is 0.359. The van der Waals surface area contributed by atoms with E-state index in [1.54, 1.807) is 20.8 Å². The van der Waals surface area contributed by atoms with Crippen LogP contribution in [-0.2, 0) is 31.6 Å². The number of alkyl halides is 2. The van der Waals surface area contributed by atoms with Gasteiger partial charge in [-0.1, -0.05) is 29.8 Å². The lowest BCUT2D eigenvalue weighted by Gasteiger charge is -2.20. The highest BCUT2D eigenvalue weighted by Crippen LogP contribution is 2.29. The molecule has 198 valence electrons. The molecule has 3 rings (SSSR count). The second-order valence-electron chi connectivity index (χ2n) is 9.47. The second-order valence-corrected chi connectivity index (χ2v) is 9.91. The number of benzene rings is 2. The Balaban J connectivity index is 1.75. The summed E-state index contributed by atoms with van der Waals surface area (Å²) >= 11 is 5.72. The molecule has 2 amide bonds. The van der Waals surface area contributed by atoms with Crippen molar-refractivity contribution in [3.05, 3.63) is 69.0 Å². The van der Waals surface area contributed by atoms with Gasteiger partial charge in [-0.05, 0) is 57.0 Å². The zero-order chi connectivity index (χ0) is 27.5. The maximum atomic E-state index is 14.5. The van der Waals surface area contributed by atoms with E-state index in [-0.39, 0.29) is 29.8 Å². The summed E-state index contributed by atoms with van der Waals surface area (Å²) in [7, 11) is 0. The van der Waals surface area contributed by atoms with Gasteiger partial charge in [0.25, 0.3) is 11.5 Å². The van der Waals surface area contributed by atoms with E-state index < -0.39 is 46.5 Å². The van der Waals surface area contributed by atoms with Gasteiger partial charge in [0, 0.05) is 23.6 Å². The summed E-state index contributed by atoms with van der Waals surface area (Å²) in [4.78, 5) is 49.2. The number of aromatic nitrogens is 2. The topological polar surface area (TPSA) is 136 Å². The Labute approximate surface area is 215 Å². The van der Waals surface area contributed by atoms with Gasteiger partial charge in [-0.25, -0.2) is 4.68 Å². The summed E-state index contributed by atoms with van der Waals surface area (Å²) in [6, 6.07) is 7.94. The van der Waals surface area contributed by atoms with Crippen molar-refractivity contribution in [2.45, 2.75) is 57.7 Å². The number of esters is 1. The second kappa shape index (κ2) is 10.7. The molecule has 1 aromatic heterocycles. The van der Waals surface area contributed by atoms with Gasteiger partial charge >= 0.3 is 11.9 Å². The van der Waals surface area contributed by atoms with Crippen LogP contribution in [0.5, 0.6) is 0 Å². The van der Waals surface area contributed by atoms with Crippen LogP contribution in [0.2, 0.25) is 5.02 Å². The monoisotopic (exact) mass is 536 g/mol. The van der Waals surface area contributed by atoms with Crippen molar-refractivity contribution in [2.24, 2.45) is 5.73 Å². The number of nitrogens with zero attached hydrogens (tertiary/aromatic N) is 1. The third-order valence-electron chi connectivity index (χ3n) is 5.40. The van der Waals surface area contributed by atoms with Gasteiger partial charge in [0.05, 0.1) is 10.9 Å². The van der Waals surface area contributed by atoms with E-state index in [9.17, 15) is 28.0 Å². The summed E-state index contributed by atoms with van der Waals surface area (Å²) in [6.07, 6.45) is -0.217. The van der Waals surface area contributed by atoms with E-state index in [4.69, 9.17) is 22.1 Å². The number of primary amides is 1. The number of H-pyrrole nitrogens is 1. The number of ether oxygens (including phenoxy) is 1. The molecule has 2 aromatic carbocycles. The third-order valence-corrected chi connectivity index (χ3v) is 5.65.